The quantitative estimate of drug-likeness (QED) is 0.810. The van der Waals surface area contributed by atoms with E-state index in [4.69, 9.17) is 10.5 Å². The van der Waals surface area contributed by atoms with Crippen LogP contribution in [0, 0.1) is 11.3 Å². The van der Waals surface area contributed by atoms with Crippen LogP contribution in [0.15, 0.2) is 12.3 Å². The Balaban J connectivity index is 2.87. The van der Waals surface area contributed by atoms with E-state index in [0.29, 0.717) is 29.6 Å². The van der Waals surface area contributed by atoms with Crippen LogP contribution in [0.2, 0.25) is 0 Å². The third-order valence-corrected chi connectivity index (χ3v) is 3.46. The van der Waals surface area contributed by atoms with Crippen LogP contribution >= 0.6 is 0 Å². The van der Waals surface area contributed by atoms with E-state index >= 15 is 0 Å². The van der Waals surface area contributed by atoms with E-state index in [-0.39, 0.29) is 5.41 Å². The molecule has 3 N–H and O–H groups in total. The van der Waals surface area contributed by atoms with Crippen LogP contribution in [-0.2, 0) is 4.74 Å². The molecule has 0 bridgehead atoms. The van der Waals surface area contributed by atoms with E-state index in [0.717, 1.165) is 6.54 Å². The predicted molar refractivity (Wildman–Crippen MR) is 81.7 cm³/mol. The highest BCUT2D eigenvalue weighted by Gasteiger charge is 2.21. The van der Waals surface area contributed by atoms with E-state index in [2.05, 4.69) is 38.0 Å². The number of carbonyl (C=O) groups is 1. The number of nitrogens with zero attached hydrogens (tertiary/aromatic N) is 1. The highest BCUT2D eigenvalue weighted by atomic mass is 16.5. The van der Waals surface area contributed by atoms with Crippen LogP contribution in [0.5, 0.6) is 0 Å². The van der Waals surface area contributed by atoms with Gasteiger partial charge in [0, 0.05) is 6.54 Å². The highest BCUT2D eigenvalue weighted by Crippen LogP contribution is 2.26. The monoisotopic (exact) mass is 279 g/mol. The number of ether oxygens (including phenoxy) is 1. The Hall–Kier alpha value is -1.78. The highest BCUT2D eigenvalue weighted by molar-refractivity contribution is 5.95. The number of hydrogen-bond acceptors (Lipinski definition) is 5. The minimum atomic E-state index is -0.404. The number of nitrogens with one attached hydrogen (secondary N) is 1. The van der Waals surface area contributed by atoms with E-state index in [1.54, 1.807) is 13.0 Å². The molecule has 5 heteroatoms. The number of pyridine rings is 1. The molecule has 0 spiro atoms. The molecule has 1 atom stereocenters. The van der Waals surface area contributed by atoms with Crippen molar-refractivity contribution >= 4 is 17.5 Å². The fraction of sp³-hybridized carbons (Fsp3) is 0.600. The number of esters is 1. The first kappa shape index (κ1) is 16.3. The van der Waals surface area contributed by atoms with Gasteiger partial charge in [-0.15, -0.1) is 0 Å². The molecule has 0 amide bonds. The molecule has 0 aliphatic rings. The first-order chi connectivity index (χ1) is 9.25. The summed E-state index contributed by atoms with van der Waals surface area (Å²) in [6, 6.07) is 1.59. The van der Waals surface area contributed by atoms with Gasteiger partial charge in [-0.3, -0.25) is 0 Å². The maximum Gasteiger partial charge on any atom is 0.341 e. The van der Waals surface area contributed by atoms with Crippen molar-refractivity contribution < 1.29 is 9.53 Å². The Morgan fingerprint density at radius 1 is 1.50 bits per heavy atom. The number of carbonyl (C=O) groups excluding carboxylic acids is 1. The molecule has 1 heterocycles. The van der Waals surface area contributed by atoms with Gasteiger partial charge in [0.2, 0.25) is 0 Å². The molecule has 20 heavy (non-hydrogen) atoms. The van der Waals surface area contributed by atoms with Crippen molar-refractivity contribution in [1.29, 1.82) is 0 Å². The van der Waals surface area contributed by atoms with Gasteiger partial charge in [-0.1, -0.05) is 27.7 Å². The molecule has 112 valence electrons. The predicted octanol–water partition coefficient (Wildman–Crippen LogP) is 2.93. The minimum absolute atomic E-state index is 0.185. The Kier molecular flexibility index (Phi) is 5.36. The zero-order valence-electron chi connectivity index (χ0n) is 13.0. The van der Waals surface area contributed by atoms with Crippen LogP contribution in [0.3, 0.4) is 0 Å². The first-order valence-corrected chi connectivity index (χ1v) is 6.92. The summed E-state index contributed by atoms with van der Waals surface area (Å²) in [6.45, 7) is 11.5. The maximum absolute atomic E-state index is 11.9. The molecule has 1 rings (SSSR count). The molecular weight excluding hydrogens is 254 g/mol. The lowest BCUT2D eigenvalue weighted by molar-refractivity contribution is 0.0527. The average molecular weight is 279 g/mol. The van der Waals surface area contributed by atoms with Gasteiger partial charge in [-0.2, -0.15) is 0 Å². The van der Waals surface area contributed by atoms with Gasteiger partial charge < -0.3 is 15.8 Å². The number of anilines is 2. The van der Waals surface area contributed by atoms with Gasteiger partial charge in [0.05, 0.1) is 18.5 Å². The molecular formula is C15H25N3O2. The van der Waals surface area contributed by atoms with Gasteiger partial charge in [-0.25, -0.2) is 9.78 Å². The largest absolute Gasteiger partial charge is 0.462 e. The molecule has 0 aliphatic heterocycles. The Labute approximate surface area is 120 Å². The van der Waals surface area contributed by atoms with Crippen molar-refractivity contribution in [2.45, 2.75) is 34.6 Å². The van der Waals surface area contributed by atoms with Crippen molar-refractivity contribution in [2.24, 2.45) is 11.3 Å². The lowest BCUT2D eigenvalue weighted by Gasteiger charge is -2.27. The molecule has 0 fully saturated rings. The average Bonchev–Trinajstić information content (AvgIpc) is 2.36. The van der Waals surface area contributed by atoms with Crippen LogP contribution in [0.4, 0.5) is 11.5 Å². The molecule has 1 aromatic heterocycles. The summed E-state index contributed by atoms with van der Waals surface area (Å²) in [4.78, 5) is 16.1. The third kappa shape index (κ3) is 4.40. The molecule has 0 saturated carbocycles. The van der Waals surface area contributed by atoms with E-state index < -0.39 is 5.97 Å². The van der Waals surface area contributed by atoms with E-state index in [1.165, 1.54) is 6.20 Å². The van der Waals surface area contributed by atoms with Crippen molar-refractivity contribution in [1.82, 2.24) is 4.98 Å². The van der Waals surface area contributed by atoms with E-state index in [1.807, 2.05) is 0 Å². The SMILES string of the molecule is CCOC(=O)c1cc(N)cnc1NCC(C)C(C)(C)C. The molecule has 0 aliphatic carbocycles. The smallest absolute Gasteiger partial charge is 0.341 e. The summed E-state index contributed by atoms with van der Waals surface area (Å²) in [7, 11) is 0. The molecule has 1 aromatic rings. The molecule has 0 saturated heterocycles. The fourth-order valence-corrected chi connectivity index (χ4v) is 1.54. The van der Waals surface area contributed by atoms with Crippen molar-refractivity contribution in [3.8, 4) is 0 Å². The lowest BCUT2D eigenvalue weighted by atomic mass is 9.82. The zero-order chi connectivity index (χ0) is 15.3. The fourth-order valence-electron chi connectivity index (χ4n) is 1.54. The van der Waals surface area contributed by atoms with Crippen LogP contribution in [-0.4, -0.2) is 24.1 Å². The first-order valence-electron chi connectivity index (χ1n) is 6.92. The number of rotatable bonds is 5. The molecule has 0 aromatic carbocycles. The second kappa shape index (κ2) is 6.59. The van der Waals surface area contributed by atoms with Gasteiger partial charge in [-0.05, 0) is 24.3 Å². The molecule has 0 radical (unpaired) electrons. The van der Waals surface area contributed by atoms with Gasteiger partial charge in [0.1, 0.15) is 11.4 Å². The van der Waals surface area contributed by atoms with Crippen molar-refractivity contribution in [3.63, 3.8) is 0 Å². The van der Waals surface area contributed by atoms with Crippen LogP contribution in [0.1, 0.15) is 45.0 Å². The van der Waals surface area contributed by atoms with E-state index in [9.17, 15) is 4.79 Å². The number of hydrogen-bond donors (Lipinski definition) is 2. The molecule has 5 nitrogen and oxygen atoms in total. The zero-order valence-corrected chi connectivity index (χ0v) is 13.0. The standard InChI is InChI=1S/C15H25N3O2/c1-6-20-14(19)12-7-11(16)9-18-13(12)17-8-10(2)15(3,4)5/h7,9-10H,6,8,16H2,1-5H3,(H,17,18). The normalized spacial score (nSPS) is 12.8. The van der Waals surface area contributed by atoms with Gasteiger partial charge in [0.25, 0.3) is 0 Å². The van der Waals surface area contributed by atoms with Gasteiger partial charge >= 0.3 is 5.97 Å². The van der Waals surface area contributed by atoms with Crippen molar-refractivity contribution in [3.05, 3.63) is 17.8 Å². The summed E-state index contributed by atoms with van der Waals surface area (Å²) in [5.41, 5.74) is 6.70. The number of nitrogen functional groups attached to an aromatic ring is 1. The summed E-state index contributed by atoms with van der Waals surface area (Å²) < 4.78 is 5.02. The summed E-state index contributed by atoms with van der Waals surface area (Å²) in [5, 5.41) is 3.22. The van der Waals surface area contributed by atoms with Crippen LogP contribution < -0.4 is 11.1 Å². The van der Waals surface area contributed by atoms with Crippen molar-refractivity contribution in [2.75, 3.05) is 24.2 Å². The second-order valence-electron chi connectivity index (χ2n) is 6.03. The summed E-state index contributed by atoms with van der Waals surface area (Å²) in [5.74, 6) is 0.545. The minimum Gasteiger partial charge on any atom is -0.462 e. The topological polar surface area (TPSA) is 77.2 Å². The second-order valence-corrected chi connectivity index (χ2v) is 6.03. The Morgan fingerprint density at radius 3 is 2.70 bits per heavy atom. The third-order valence-electron chi connectivity index (χ3n) is 3.46. The van der Waals surface area contributed by atoms with Gasteiger partial charge in [0.15, 0.2) is 0 Å². The molecule has 1 unspecified atom stereocenters. The number of aromatic nitrogens is 1. The number of nitrogens with two attached hydrogens (primary N) is 1. The lowest BCUT2D eigenvalue weighted by Crippen LogP contribution is -2.26. The van der Waals surface area contributed by atoms with Crippen LogP contribution in [0.25, 0.3) is 0 Å². The summed E-state index contributed by atoms with van der Waals surface area (Å²) >= 11 is 0. The maximum atomic E-state index is 11.9. The Bertz CT molecular complexity index is 467. The Morgan fingerprint density at radius 2 is 2.15 bits per heavy atom. The summed E-state index contributed by atoms with van der Waals surface area (Å²) in [6.07, 6.45) is 1.53.